The normalized spacial score (nSPS) is 14.8. The predicted octanol–water partition coefficient (Wildman–Crippen LogP) is 1.50. The molecule has 0 saturated carbocycles. The molecule has 1 aromatic carbocycles. The fourth-order valence-corrected chi connectivity index (χ4v) is 2.72. The molecule has 1 aliphatic heterocycles. The Morgan fingerprint density at radius 3 is 2.19 bits per heavy atom. The summed E-state index contributed by atoms with van der Waals surface area (Å²) in [4.78, 5) is 16.9. The molecule has 1 saturated heterocycles. The SMILES string of the molecule is COc1cc(OC)cc(C(=O)Nc2ccc(N3CCN(C)CC3)nn2)c1. The van der Waals surface area contributed by atoms with E-state index >= 15 is 0 Å². The average molecular weight is 357 g/mol. The molecule has 8 nitrogen and oxygen atoms in total. The molecule has 138 valence electrons. The van der Waals surface area contributed by atoms with Gasteiger partial charge in [-0.25, -0.2) is 0 Å². The number of rotatable bonds is 5. The van der Waals surface area contributed by atoms with Gasteiger partial charge in [-0.2, -0.15) is 0 Å². The molecule has 0 atom stereocenters. The summed E-state index contributed by atoms with van der Waals surface area (Å²) in [6.07, 6.45) is 0. The number of ether oxygens (including phenoxy) is 2. The topological polar surface area (TPSA) is 79.8 Å². The first-order chi connectivity index (χ1) is 12.6. The number of hydrogen-bond acceptors (Lipinski definition) is 7. The maximum Gasteiger partial charge on any atom is 0.257 e. The molecule has 2 aromatic rings. The zero-order valence-electron chi connectivity index (χ0n) is 15.2. The third kappa shape index (κ3) is 4.20. The summed E-state index contributed by atoms with van der Waals surface area (Å²) in [5.74, 6) is 2.01. The Labute approximate surface area is 152 Å². The molecule has 1 aromatic heterocycles. The molecule has 0 bridgehead atoms. The third-order valence-corrected chi connectivity index (χ3v) is 4.33. The van der Waals surface area contributed by atoms with Crippen molar-refractivity contribution in [3.63, 3.8) is 0 Å². The van der Waals surface area contributed by atoms with Crippen LogP contribution in [0.15, 0.2) is 30.3 Å². The van der Waals surface area contributed by atoms with Gasteiger partial charge in [-0.05, 0) is 31.3 Å². The van der Waals surface area contributed by atoms with Crippen molar-refractivity contribution in [1.82, 2.24) is 15.1 Å². The van der Waals surface area contributed by atoms with E-state index in [-0.39, 0.29) is 5.91 Å². The van der Waals surface area contributed by atoms with E-state index in [4.69, 9.17) is 9.47 Å². The van der Waals surface area contributed by atoms with Crippen molar-refractivity contribution < 1.29 is 14.3 Å². The van der Waals surface area contributed by atoms with Gasteiger partial charge in [0.1, 0.15) is 11.5 Å². The molecular weight excluding hydrogens is 334 g/mol. The van der Waals surface area contributed by atoms with Crippen LogP contribution < -0.4 is 19.7 Å². The van der Waals surface area contributed by atoms with Crippen molar-refractivity contribution in [2.24, 2.45) is 0 Å². The lowest BCUT2D eigenvalue weighted by Crippen LogP contribution is -2.44. The van der Waals surface area contributed by atoms with Crippen LogP contribution in [0, 0.1) is 0 Å². The largest absolute Gasteiger partial charge is 0.497 e. The van der Waals surface area contributed by atoms with Gasteiger partial charge >= 0.3 is 0 Å². The highest BCUT2D eigenvalue weighted by atomic mass is 16.5. The summed E-state index contributed by atoms with van der Waals surface area (Å²) in [6.45, 7) is 3.83. The van der Waals surface area contributed by atoms with E-state index in [2.05, 4.69) is 32.4 Å². The Kier molecular flexibility index (Phi) is 5.52. The van der Waals surface area contributed by atoms with Crippen LogP contribution in [0.5, 0.6) is 11.5 Å². The molecule has 1 fully saturated rings. The minimum Gasteiger partial charge on any atom is -0.497 e. The van der Waals surface area contributed by atoms with Crippen LogP contribution in [0.4, 0.5) is 11.6 Å². The highest BCUT2D eigenvalue weighted by Crippen LogP contribution is 2.23. The van der Waals surface area contributed by atoms with Crippen LogP contribution in [-0.2, 0) is 0 Å². The van der Waals surface area contributed by atoms with Crippen molar-refractivity contribution >= 4 is 17.5 Å². The second-order valence-corrected chi connectivity index (χ2v) is 6.12. The number of anilines is 2. The first-order valence-electron chi connectivity index (χ1n) is 8.40. The second-order valence-electron chi connectivity index (χ2n) is 6.12. The zero-order valence-corrected chi connectivity index (χ0v) is 15.2. The Morgan fingerprint density at radius 1 is 1.00 bits per heavy atom. The number of aromatic nitrogens is 2. The first-order valence-corrected chi connectivity index (χ1v) is 8.40. The molecule has 3 rings (SSSR count). The van der Waals surface area contributed by atoms with Gasteiger partial charge < -0.3 is 24.6 Å². The lowest BCUT2D eigenvalue weighted by atomic mass is 10.2. The Bertz CT molecular complexity index is 736. The minimum atomic E-state index is -0.302. The van der Waals surface area contributed by atoms with Gasteiger partial charge in [0.2, 0.25) is 0 Å². The van der Waals surface area contributed by atoms with Crippen molar-refractivity contribution in [3.8, 4) is 11.5 Å². The third-order valence-electron chi connectivity index (χ3n) is 4.33. The summed E-state index contributed by atoms with van der Waals surface area (Å²) < 4.78 is 10.4. The van der Waals surface area contributed by atoms with Gasteiger partial charge in [-0.3, -0.25) is 4.79 Å². The number of carbonyl (C=O) groups excluding carboxylic acids is 1. The molecule has 0 aliphatic carbocycles. The summed E-state index contributed by atoms with van der Waals surface area (Å²) in [7, 11) is 5.19. The predicted molar refractivity (Wildman–Crippen MR) is 99.2 cm³/mol. The Morgan fingerprint density at radius 2 is 1.65 bits per heavy atom. The lowest BCUT2D eigenvalue weighted by molar-refractivity contribution is 0.102. The maximum atomic E-state index is 12.5. The first kappa shape index (κ1) is 17.9. The average Bonchev–Trinajstić information content (AvgIpc) is 2.68. The molecule has 0 unspecified atom stereocenters. The summed E-state index contributed by atoms with van der Waals surface area (Å²) in [5, 5.41) is 11.1. The van der Waals surface area contributed by atoms with E-state index in [1.54, 1.807) is 38.5 Å². The van der Waals surface area contributed by atoms with Gasteiger partial charge in [0.05, 0.1) is 14.2 Å². The van der Waals surface area contributed by atoms with Crippen LogP contribution >= 0.6 is 0 Å². The number of nitrogens with zero attached hydrogens (tertiary/aromatic N) is 4. The molecule has 26 heavy (non-hydrogen) atoms. The molecule has 1 N–H and O–H groups in total. The fourth-order valence-electron chi connectivity index (χ4n) is 2.72. The molecule has 1 amide bonds. The standard InChI is InChI=1S/C18H23N5O3/c1-22-6-8-23(9-7-22)17-5-4-16(20-21-17)19-18(24)13-10-14(25-2)12-15(11-13)26-3/h4-5,10-12H,6-9H2,1-3H3,(H,19,20,24). The van der Waals surface area contributed by atoms with Crippen LogP contribution in [0.1, 0.15) is 10.4 Å². The zero-order chi connectivity index (χ0) is 18.5. The Balaban J connectivity index is 1.68. The minimum absolute atomic E-state index is 0.302. The number of benzene rings is 1. The van der Waals surface area contributed by atoms with Gasteiger partial charge in [0, 0.05) is 37.8 Å². The number of methoxy groups -OCH3 is 2. The summed E-state index contributed by atoms with van der Waals surface area (Å²) >= 11 is 0. The van der Waals surface area contributed by atoms with E-state index in [1.807, 2.05) is 6.07 Å². The van der Waals surface area contributed by atoms with Crippen molar-refractivity contribution in [2.75, 3.05) is 57.7 Å². The number of amides is 1. The number of nitrogens with one attached hydrogen (secondary N) is 1. The van der Waals surface area contributed by atoms with E-state index in [9.17, 15) is 4.79 Å². The molecule has 2 heterocycles. The van der Waals surface area contributed by atoms with Crippen LogP contribution in [-0.4, -0.2) is 68.5 Å². The summed E-state index contributed by atoms with van der Waals surface area (Å²) in [6, 6.07) is 8.63. The molecular formula is C18H23N5O3. The maximum absolute atomic E-state index is 12.5. The number of hydrogen-bond donors (Lipinski definition) is 1. The smallest absolute Gasteiger partial charge is 0.257 e. The number of piperazine rings is 1. The van der Waals surface area contributed by atoms with Crippen molar-refractivity contribution in [1.29, 1.82) is 0 Å². The van der Waals surface area contributed by atoms with E-state index < -0.39 is 0 Å². The molecule has 1 aliphatic rings. The van der Waals surface area contributed by atoms with Gasteiger partial charge in [0.25, 0.3) is 5.91 Å². The number of carbonyl (C=O) groups is 1. The van der Waals surface area contributed by atoms with Crippen molar-refractivity contribution in [3.05, 3.63) is 35.9 Å². The quantitative estimate of drug-likeness (QED) is 0.868. The second kappa shape index (κ2) is 8.01. The van der Waals surface area contributed by atoms with E-state index in [1.165, 1.54) is 0 Å². The van der Waals surface area contributed by atoms with Crippen LogP contribution in [0.3, 0.4) is 0 Å². The van der Waals surface area contributed by atoms with Gasteiger partial charge in [0.15, 0.2) is 11.6 Å². The van der Waals surface area contributed by atoms with Crippen molar-refractivity contribution in [2.45, 2.75) is 0 Å². The highest BCUT2D eigenvalue weighted by molar-refractivity contribution is 6.04. The lowest BCUT2D eigenvalue weighted by Gasteiger charge is -2.32. The van der Waals surface area contributed by atoms with Gasteiger partial charge in [-0.1, -0.05) is 0 Å². The van der Waals surface area contributed by atoms with Crippen LogP contribution in [0.2, 0.25) is 0 Å². The monoisotopic (exact) mass is 357 g/mol. The fraction of sp³-hybridized carbons (Fsp3) is 0.389. The van der Waals surface area contributed by atoms with Gasteiger partial charge in [-0.15, -0.1) is 10.2 Å². The Hall–Kier alpha value is -2.87. The summed E-state index contributed by atoms with van der Waals surface area (Å²) in [5.41, 5.74) is 0.422. The van der Waals surface area contributed by atoms with E-state index in [0.717, 1.165) is 32.0 Å². The van der Waals surface area contributed by atoms with E-state index in [0.29, 0.717) is 22.9 Å². The van der Waals surface area contributed by atoms with Crippen LogP contribution in [0.25, 0.3) is 0 Å². The molecule has 8 heteroatoms. The molecule has 0 radical (unpaired) electrons. The number of likely N-dealkylation sites (N-methyl/N-ethyl adjacent to an activating group) is 1. The molecule has 0 spiro atoms. The highest BCUT2D eigenvalue weighted by Gasteiger charge is 2.16.